The third kappa shape index (κ3) is 1.73. The summed E-state index contributed by atoms with van der Waals surface area (Å²) in [5, 5.41) is 0. The van der Waals surface area contributed by atoms with Crippen molar-refractivity contribution in [1.29, 1.82) is 0 Å². The van der Waals surface area contributed by atoms with Crippen molar-refractivity contribution in [3.63, 3.8) is 0 Å². The first-order chi connectivity index (χ1) is 5.27. The molecule has 60 valence electrons. The van der Waals surface area contributed by atoms with Gasteiger partial charge >= 0.3 is 0 Å². The van der Waals surface area contributed by atoms with Crippen LogP contribution in [0.5, 0.6) is 0 Å². The van der Waals surface area contributed by atoms with Crippen LogP contribution >= 0.6 is 0 Å². The second kappa shape index (κ2) is 3.42. The molecule has 0 N–H and O–H groups in total. The van der Waals surface area contributed by atoms with E-state index in [1.807, 2.05) is 0 Å². The average Bonchev–Trinajstić information content (AvgIpc) is 2.04. The lowest BCUT2D eigenvalue weighted by atomic mass is 10.1. The molecule has 0 nitrogen and oxygen atoms in total. The Morgan fingerprint density at radius 3 is 2.27 bits per heavy atom. The predicted octanol–water partition coefficient (Wildman–Crippen LogP) is 2.76. The Bertz CT molecular complexity index is 245. The molecule has 0 unspecified atom stereocenters. The smallest absolute Gasteiger partial charge is 0.129 e. The minimum Gasteiger partial charge on any atom is -0.246 e. The molecule has 3 heteroatoms. The number of benzene rings is 1. The number of halogens is 3. The van der Waals surface area contributed by atoms with Crippen molar-refractivity contribution in [2.75, 3.05) is 0 Å². The fourth-order valence-electron chi connectivity index (χ4n) is 0.782. The largest absolute Gasteiger partial charge is 0.246 e. The van der Waals surface area contributed by atoms with Crippen molar-refractivity contribution in [1.82, 2.24) is 0 Å². The van der Waals surface area contributed by atoms with Crippen LogP contribution in [0.1, 0.15) is 11.1 Å². The van der Waals surface area contributed by atoms with Gasteiger partial charge in [-0.05, 0) is 11.6 Å². The quantitative estimate of drug-likeness (QED) is 0.624. The molecular weight excluding hydrogens is 153 g/mol. The third-order valence-corrected chi connectivity index (χ3v) is 1.42. The molecule has 0 aromatic heterocycles. The van der Waals surface area contributed by atoms with E-state index in [-0.39, 0.29) is 11.1 Å². The topological polar surface area (TPSA) is 0 Å². The molecule has 1 aromatic rings. The van der Waals surface area contributed by atoms with Gasteiger partial charge in [0.2, 0.25) is 0 Å². The van der Waals surface area contributed by atoms with Crippen LogP contribution in [0.25, 0.3) is 0 Å². The predicted molar refractivity (Wildman–Crippen MR) is 36.0 cm³/mol. The van der Waals surface area contributed by atoms with Crippen molar-refractivity contribution >= 4 is 0 Å². The molecule has 0 bridgehead atoms. The van der Waals surface area contributed by atoms with Crippen molar-refractivity contribution in [3.8, 4) is 0 Å². The molecule has 0 heterocycles. The lowest BCUT2D eigenvalue weighted by Crippen LogP contribution is -1.88. The minimum atomic E-state index is -0.849. The van der Waals surface area contributed by atoms with Gasteiger partial charge in [-0.3, -0.25) is 0 Å². The van der Waals surface area contributed by atoms with Crippen LogP contribution in [0.3, 0.4) is 0 Å². The van der Waals surface area contributed by atoms with E-state index in [4.69, 9.17) is 0 Å². The second-order valence-electron chi connectivity index (χ2n) is 2.19. The van der Waals surface area contributed by atoms with E-state index in [9.17, 15) is 13.2 Å². The lowest BCUT2D eigenvalue weighted by molar-refractivity contribution is 0.458. The standard InChI is InChI=1S/C8H7F3/c9-4-6-1-2-7(5-10)8(11)3-6/h1-3H,4-5H2. The summed E-state index contributed by atoms with van der Waals surface area (Å²) in [7, 11) is 0. The Balaban J connectivity index is 2.99. The van der Waals surface area contributed by atoms with Crippen molar-refractivity contribution in [3.05, 3.63) is 35.1 Å². The van der Waals surface area contributed by atoms with Crippen LogP contribution in [-0.4, -0.2) is 0 Å². The van der Waals surface area contributed by atoms with Gasteiger partial charge in [0.1, 0.15) is 19.2 Å². The Hall–Kier alpha value is -0.990. The molecule has 0 fully saturated rings. The summed E-state index contributed by atoms with van der Waals surface area (Å²) in [6.45, 7) is -1.57. The van der Waals surface area contributed by atoms with Gasteiger partial charge in [-0.1, -0.05) is 12.1 Å². The monoisotopic (exact) mass is 160 g/mol. The van der Waals surface area contributed by atoms with Crippen molar-refractivity contribution < 1.29 is 13.2 Å². The maximum atomic E-state index is 12.6. The molecule has 0 saturated carbocycles. The molecule has 0 saturated heterocycles. The zero-order valence-corrected chi connectivity index (χ0v) is 5.78. The summed E-state index contributed by atoms with van der Waals surface area (Å²) in [5.74, 6) is -0.678. The SMILES string of the molecule is FCc1ccc(CF)c(F)c1. The first kappa shape index (κ1) is 8.11. The highest BCUT2D eigenvalue weighted by Gasteiger charge is 2.01. The zero-order valence-electron chi connectivity index (χ0n) is 5.78. The molecule has 11 heavy (non-hydrogen) atoms. The summed E-state index contributed by atoms with van der Waals surface area (Å²) >= 11 is 0. The molecule has 0 radical (unpaired) electrons. The van der Waals surface area contributed by atoms with Crippen LogP contribution in [0.15, 0.2) is 18.2 Å². The van der Waals surface area contributed by atoms with E-state index in [1.54, 1.807) is 0 Å². The highest BCUT2D eigenvalue weighted by molar-refractivity contribution is 5.23. The van der Waals surface area contributed by atoms with Gasteiger partial charge in [-0.25, -0.2) is 13.2 Å². The van der Waals surface area contributed by atoms with E-state index in [0.717, 1.165) is 6.07 Å². The molecule has 0 aliphatic carbocycles. The normalized spacial score (nSPS) is 10.1. The van der Waals surface area contributed by atoms with Gasteiger partial charge in [0.25, 0.3) is 0 Å². The van der Waals surface area contributed by atoms with E-state index >= 15 is 0 Å². The zero-order chi connectivity index (χ0) is 8.27. The maximum absolute atomic E-state index is 12.6. The summed E-state index contributed by atoms with van der Waals surface area (Å²) < 4.78 is 36.4. The van der Waals surface area contributed by atoms with Gasteiger partial charge in [0.15, 0.2) is 0 Å². The summed E-state index contributed by atoms with van der Waals surface area (Å²) in [5.41, 5.74) is 0.210. The average molecular weight is 160 g/mol. The Morgan fingerprint density at radius 2 is 1.82 bits per heavy atom. The Labute approximate surface area is 62.7 Å². The van der Waals surface area contributed by atoms with Crippen LogP contribution in [0.2, 0.25) is 0 Å². The second-order valence-corrected chi connectivity index (χ2v) is 2.19. The van der Waals surface area contributed by atoms with Gasteiger partial charge in [0.05, 0.1) is 0 Å². The molecule has 0 atom stereocenters. The van der Waals surface area contributed by atoms with Crippen LogP contribution in [0, 0.1) is 5.82 Å². The highest BCUT2D eigenvalue weighted by atomic mass is 19.1. The van der Waals surface area contributed by atoms with Gasteiger partial charge < -0.3 is 0 Å². The number of hydrogen-bond acceptors (Lipinski definition) is 0. The molecule has 1 rings (SSSR count). The first-order valence-corrected chi connectivity index (χ1v) is 3.17. The van der Waals surface area contributed by atoms with E-state index in [0.29, 0.717) is 0 Å². The number of alkyl halides is 2. The van der Waals surface area contributed by atoms with Crippen molar-refractivity contribution in [2.24, 2.45) is 0 Å². The summed E-state index contributed by atoms with van der Waals surface area (Å²) in [6.07, 6.45) is 0. The third-order valence-electron chi connectivity index (χ3n) is 1.42. The van der Waals surface area contributed by atoms with Crippen LogP contribution < -0.4 is 0 Å². The molecule has 0 aliphatic rings. The molecular formula is C8H7F3. The fraction of sp³-hybridized carbons (Fsp3) is 0.250. The number of rotatable bonds is 2. The van der Waals surface area contributed by atoms with E-state index in [2.05, 4.69) is 0 Å². The minimum absolute atomic E-state index is 0.0257. The van der Waals surface area contributed by atoms with Crippen LogP contribution in [-0.2, 0) is 13.3 Å². The van der Waals surface area contributed by atoms with Gasteiger partial charge in [0, 0.05) is 5.56 Å². The molecule has 0 spiro atoms. The first-order valence-electron chi connectivity index (χ1n) is 3.17. The highest BCUT2D eigenvalue weighted by Crippen LogP contribution is 2.12. The van der Waals surface area contributed by atoms with E-state index in [1.165, 1.54) is 12.1 Å². The van der Waals surface area contributed by atoms with Crippen molar-refractivity contribution in [2.45, 2.75) is 13.3 Å². The lowest BCUT2D eigenvalue weighted by Gasteiger charge is -1.98. The van der Waals surface area contributed by atoms with Gasteiger partial charge in [-0.15, -0.1) is 0 Å². The molecule has 1 aromatic carbocycles. The maximum Gasteiger partial charge on any atom is 0.129 e. The molecule has 0 amide bonds. The Morgan fingerprint density at radius 1 is 1.09 bits per heavy atom. The van der Waals surface area contributed by atoms with Crippen LogP contribution in [0.4, 0.5) is 13.2 Å². The molecule has 0 aliphatic heterocycles. The number of hydrogen-bond donors (Lipinski definition) is 0. The summed E-state index contributed by atoms with van der Waals surface area (Å²) in [6, 6.07) is 3.64. The Kier molecular flexibility index (Phi) is 2.52. The van der Waals surface area contributed by atoms with Gasteiger partial charge in [-0.2, -0.15) is 0 Å². The summed E-state index contributed by atoms with van der Waals surface area (Å²) in [4.78, 5) is 0. The van der Waals surface area contributed by atoms with E-state index < -0.39 is 19.2 Å². The fourth-order valence-corrected chi connectivity index (χ4v) is 0.782.